The summed E-state index contributed by atoms with van der Waals surface area (Å²) in [5.41, 5.74) is 0. The first-order chi connectivity index (χ1) is 8.38. The van der Waals surface area contributed by atoms with Gasteiger partial charge in [-0.3, -0.25) is 0 Å². The monoisotopic (exact) mass is 236 g/mol. The van der Waals surface area contributed by atoms with Crippen LogP contribution in [0.5, 0.6) is 0 Å². The van der Waals surface area contributed by atoms with Crippen molar-refractivity contribution in [2.75, 3.05) is 30.4 Å². The maximum Gasteiger partial charge on any atom is 0.131 e. The average molecular weight is 236 g/mol. The van der Waals surface area contributed by atoms with E-state index in [2.05, 4.69) is 27.5 Å². The lowest BCUT2D eigenvalue weighted by Crippen LogP contribution is -2.28. The highest BCUT2D eigenvalue weighted by Crippen LogP contribution is 2.14. The third-order valence-electron chi connectivity index (χ3n) is 2.80. The summed E-state index contributed by atoms with van der Waals surface area (Å²) in [5, 5.41) is 6.68. The van der Waals surface area contributed by atoms with Gasteiger partial charge in [0.2, 0.25) is 0 Å². The van der Waals surface area contributed by atoms with Crippen LogP contribution >= 0.6 is 0 Å². The van der Waals surface area contributed by atoms with Crippen molar-refractivity contribution in [3.05, 3.63) is 12.4 Å². The molecule has 1 aliphatic rings. The van der Waals surface area contributed by atoms with Crippen molar-refractivity contribution in [3.8, 4) is 0 Å². The van der Waals surface area contributed by atoms with E-state index in [1.54, 1.807) is 6.33 Å². The lowest BCUT2D eigenvalue weighted by molar-refractivity contribution is 0.0904. The second-order valence-corrected chi connectivity index (χ2v) is 4.25. The minimum Gasteiger partial charge on any atom is -0.381 e. The average Bonchev–Trinajstić information content (AvgIpc) is 2.38. The highest BCUT2D eigenvalue weighted by atomic mass is 16.5. The second-order valence-electron chi connectivity index (χ2n) is 4.25. The minimum absolute atomic E-state index is 0.470. The fraction of sp³-hybridized carbons (Fsp3) is 0.667. The van der Waals surface area contributed by atoms with Crippen LogP contribution in [-0.2, 0) is 4.74 Å². The van der Waals surface area contributed by atoms with Crippen molar-refractivity contribution in [1.29, 1.82) is 0 Å². The van der Waals surface area contributed by atoms with E-state index in [4.69, 9.17) is 4.74 Å². The molecule has 1 aliphatic heterocycles. The molecule has 5 nitrogen and oxygen atoms in total. The Morgan fingerprint density at radius 3 is 2.82 bits per heavy atom. The Bertz CT molecular complexity index is 339. The van der Waals surface area contributed by atoms with Gasteiger partial charge >= 0.3 is 0 Å². The Morgan fingerprint density at radius 2 is 2.06 bits per heavy atom. The van der Waals surface area contributed by atoms with E-state index in [-0.39, 0.29) is 0 Å². The third-order valence-corrected chi connectivity index (χ3v) is 2.80. The molecule has 94 valence electrons. The largest absolute Gasteiger partial charge is 0.381 e. The fourth-order valence-electron chi connectivity index (χ4n) is 1.84. The Morgan fingerprint density at radius 1 is 1.29 bits per heavy atom. The normalized spacial score (nSPS) is 16.8. The van der Waals surface area contributed by atoms with Gasteiger partial charge in [-0.05, 0) is 19.3 Å². The summed E-state index contributed by atoms with van der Waals surface area (Å²) in [6, 6.07) is 2.43. The van der Waals surface area contributed by atoms with Crippen molar-refractivity contribution in [2.24, 2.45) is 0 Å². The van der Waals surface area contributed by atoms with Crippen LogP contribution in [-0.4, -0.2) is 35.8 Å². The molecule has 0 unspecified atom stereocenters. The molecule has 1 aromatic heterocycles. The van der Waals surface area contributed by atoms with Gasteiger partial charge in [-0.25, -0.2) is 9.97 Å². The zero-order valence-corrected chi connectivity index (χ0v) is 10.3. The van der Waals surface area contributed by atoms with Crippen LogP contribution in [0.2, 0.25) is 0 Å². The molecular formula is C12H20N4O. The number of ether oxygens (including phenoxy) is 1. The van der Waals surface area contributed by atoms with Gasteiger partial charge in [-0.2, -0.15) is 0 Å². The number of nitrogens with zero attached hydrogens (tertiary/aromatic N) is 2. The zero-order chi connectivity index (χ0) is 11.9. The molecule has 2 heterocycles. The lowest BCUT2D eigenvalue weighted by Gasteiger charge is -2.23. The molecule has 2 N–H and O–H groups in total. The van der Waals surface area contributed by atoms with E-state index >= 15 is 0 Å². The predicted molar refractivity (Wildman–Crippen MR) is 68.3 cm³/mol. The van der Waals surface area contributed by atoms with E-state index in [1.165, 1.54) is 0 Å². The summed E-state index contributed by atoms with van der Waals surface area (Å²) in [4.78, 5) is 8.42. The number of nitrogens with one attached hydrogen (secondary N) is 2. The molecule has 0 spiro atoms. The SMILES string of the molecule is CCCNc1cc(NC2CCOCC2)ncn1. The Balaban J connectivity index is 1.90. The molecule has 0 aromatic carbocycles. The summed E-state index contributed by atoms with van der Waals surface area (Å²) in [6.07, 6.45) is 4.77. The predicted octanol–water partition coefficient (Wildman–Crippen LogP) is 1.89. The van der Waals surface area contributed by atoms with Crippen LogP contribution in [0.4, 0.5) is 11.6 Å². The van der Waals surface area contributed by atoms with Crippen molar-refractivity contribution < 1.29 is 4.74 Å². The summed E-state index contributed by atoms with van der Waals surface area (Å²) in [6.45, 7) is 4.75. The summed E-state index contributed by atoms with van der Waals surface area (Å²) < 4.78 is 5.33. The topological polar surface area (TPSA) is 59.1 Å². The van der Waals surface area contributed by atoms with Gasteiger partial charge in [-0.15, -0.1) is 0 Å². The van der Waals surface area contributed by atoms with Gasteiger partial charge in [0.1, 0.15) is 18.0 Å². The number of anilines is 2. The fourth-order valence-corrected chi connectivity index (χ4v) is 1.84. The molecule has 0 amide bonds. The Kier molecular flexibility index (Phi) is 4.55. The van der Waals surface area contributed by atoms with Crippen LogP contribution in [0.15, 0.2) is 12.4 Å². The van der Waals surface area contributed by atoms with E-state index in [0.717, 1.165) is 50.7 Å². The van der Waals surface area contributed by atoms with Crippen LogP contribution in [0.25, 0.3) is 0 Å². The Labute approximate surface area is 102 Å². The van der Waals surface area contributed by atoms with E-state index in [0.29, 0.717) is 6.04 Å². The standard InChI is InChI=1S/C12H20N4O/c1-2-5-13-11-8-12(15-9-14-11)16-10-3-6-17-7-4-10/h8-10H,2-7H2,1H3,(H2,13,14,15,16). The van der Waals surface area contributed by atoms with Crippen LogP contribution in [0, 0.1) is 0 Å². The van der Waals surface area contributed by atoms with Gasteiger partial charge in [0, 0.05) is 31.9 Å². The molecule has 1 fully saturated rings. The van der Waals surface area contributed by atoms with Gasteiger partial charge in [0.05, 0.1) is 0 Å². The molecule has 0 radical (unpaired) electrons. The molecule has 2 rings (SSSR count). The number of hydrogen-bond donors (Lipinski definition) is 2. The van der Waals surface area contributed by atoms with Crippen molar-refractivity contribution >= 4 is 11.6 Å². The van der Waals surface area contributed by atoms with Gasteiger partial charge < -0.3 is 15.4 Å². The highest BCUT2D eigenvalue weighted by Gasteiger charge is 2.13. The van der Waals surface area contributed by atoms with Crippen molar-refractivity contribution in [2.45, 2.75) is 32.2 Å². The van der Waals surface area contributed by atoms with Gasteiger partial charge in [0.25, 0.3) is 0 Å². The summed E-state index contributed by atoms with van der Waals surface area (Å²) in [5.74, 6) is 1.78. The maximum atomic E-state index is 5.33. The van der Waals surface area contributed by atoms with E-state index in [9.17, 15) is 0 Å². The first-order valence-corrected chi connectivity index (χ1v) is 6.28. The summed E-state index contributed by atoms with van der Waals surface area (Å²) >= 11 is 0. The minimum atomic E-state index is 0.470. The Hall–Kier alpha value is -1.36. The molecule has 17 heavy (non-hydrogen) atoms. The molecule has 1 aromatic rings. The maximum absolute atomic E-state index is 5.33. The smallest absolute Gasteiger partial charge is 0.131 e. The van der Waals surface area contributed by atoms with E-state index in [1.807, 2.05) is 6.07 Å². The van der Waals surface area contributed by atoms with Gasteiger partial charge in [-0.1, -0.05) is 6.92 Å². The van der Waals surface area contributed by atoms with Crippen LogP contribution in [0.3, 0.4) is 0 Å². The molecular weight excluding hydrogens is 216 g/mol. The molecule has 0 bridgehead atoms. The highest BCUT2D eigenvalue weighted by molar-refractivity contribution is 5.46. The number of rotatable bonds is 5. The third kappa shape index (κ3) is 3.85. The molecule has 0 aliphatic carbocycles. The summed E-state index contributed by atoms with van der Waals surface area (Å²) in [7, 11) is 0. The number of hydrogen-bond acceptors (Lipinski definition) is 5. The number of aromatic nitrogens is 2. The molecule has 0 atom stereocenters. The molecule has 1 saturated heterocycles. The molecule has 0 saturated carbocycles. The van der Waals surface area contributed by atoms with E-state index < -0.39 is 0 Å². The van der Waals surface area contributed by atoms with Crippen LogP contribution < -0.4 is 10.6 Å². The first kappa shape index (κ1) is 12.1. The van der Waals surface area contributed by atoms with Gasteiger partial charge in [0.15, 0.2) is 0 Å². The van der Waals surface area contributed by atoms with Crippen molar-refractivity contribution in [3.63, 3.8) is 0 Å². The first-order valence-electron chi connectivity index (χ1n) is 6.28. The van der Waals surface area contributed by atoms with Crippen molar-refractivity contribution in [1.82, 2.24) is 9.97 Å². The second kappa shape index (κ2) is 6.39. The van der Waals surface area contributed by atoms with Crippen LogP contribution in [0.1, 0.15) is 26.2 Å². The quantitative estimate of drug-likeness (QED) is 0.817. The zero-order valence-electron chi connectivity index (χ0n) is 10.3. The molecule has 5 heteroatoms. The lowest BCUT2D eigenvalue weighted by atomic mass is 10.1.